The second-order valence-electron chi connectivity index (χ2n) is 10.1. The van der Waals surface area contributed by atoms with Crippen molar-refractivity contribution in [3.8, 4) is 11.1 Å². The van der Waals surface area contributed by atoms with Gasteiger partial charge in [-0.25, -0.2) is 8.78 Å². The highest BCUT2D eigenvalue weighted by Gasteiger charge is 2.52. The molecule has 0 aliphatic carbocycles. The number of carbonyl (C=O) groups is 3. The lowest BCUT2D eigenvalue weighted by Crippen LogP contribution is -2.49. The fourth-order valence-electron chi connectivity index (χ4n) is 5.02. The Morgan fingerprint density at radius 1 is 1.12 bits per heavy atom. The Morgan fingerprint density at radius 3 is 2.48 bits per heavy atom. The Morgan fingerprint density at radius 2 is 1.83 bits per heavy atom. The first-order valence-corrected chi connectivity index (χ1v) is 14.1. The standard InChI is InChI=1S/C29H29F2N5O5S/c1-16(24-11-19(14-42-24)26(32)33)35-28(39)23-12-29(40-8-9-41-29)15-36(23)25(37)13-34-27(38)18-4-7-21(22(31)10-18)17-2-5-20(30)6-3-17/h2-7,10-11,14,16,23H,8-9,12-13,15H2,1H3,(H3,32,33)(H,34,38)(H,35,39)/t16-,23?/m1/s1. The van der Waals surface area contributed by atoms with Crippen LogP contribution in [-0.4, -0.2) is 66.6 Å². The van der Waals surface area contributed by atoms with Gasteiger partial charge < -0.3 is 30.7 Å². The summed E-state index contributed by atoms with van der Waals surface area (Å²) >= 11 is 1.35. The lowest BCUT2D eigenvalue weighted by Gasteiger charge is -2.25. The maximum Gasteiger partial charge on any atom is 0.251 e. The van der Waals surface area contributed by atoms with Gasteiger partial charge in [-0.1, -0.05) is 18.2 Å². The molecule has 3 heterocycles. The molecule has 0 saturated carbocycles. The first-order valence-electron chi connectivity index (χ1n) is 13.2. The number of nitrogens with zero attached hydrogens (tertiary/aromatic N) is 1. The minimum atomic E-state index is -1.12. The number of nitrogens with one attached hydrogen (secondary N) is 3. The fraction of sp³-hybridized carbons (Fsp3) is 0.310. The summed E-state index contributed by atoms with van der Waals surface area (Å²) < 4.78 is 39.5. The largest absolute Gasteiger partial charge is 0.384 e. The molecule has 1 aromatic heterocycles. The quantitative estimate of drug-likeness (QED) is 0.232. The third-order valence-corrected chi connectivity index (χ3v) is 8.35. The van der Waals surface area contributed by atoms with E-state index in [1.807, 2.05) is 0 Å². The van der Waals surface area contributed by atoms with E-state index >= 15 is 0 Å². The van der Waals surface area contributed by atoms with E-state index in [2.05, 4.69) is 10.6 Å². The van der Waals surface area contributed by atoms with Crippen LogP contribution in [0.5, 0.6) is 0 Å². The molecule has 0 bridgehead atoms. The SMILES string of the molecule is C[C@@H](NC(=O)C1CC2(CN1C(=O)CNC(=O)c1ccc(-c3ccc(F)cc3)c(F)c1)OCCO2)c1cc(C(=N)N)cs1. The minimum Gasteiger partial charge on any atom is -0.384 e. The summed E-state index contributed by atoms with van der Waals surface area (Å²) in [5.74, 6) is -3.95. The van der Waals surface area contributed by atoms with Gasteiger partial charge in [-0.2, -0.15) is 0 Å². The molecule has 1 spiro atoms. The number of hydrogen-bond acceptors (Lipinski definition) is 7. The second kappa shape index (κ2) is 12.0. The van der Waals surface area contributed by atoms with Crippen LogP contribution in [0.2, 0.25) is 0 Å². The Kier molecular flexibility index (Phi) is 8.34. The number of likely N-dealkylation sites (tertiary alicyclic amines) is 1. The van der Waals surface area contributed by atoms with Gasteiger partial charge >= 0.3 is 0 Å². The highest BCUT2D eigenvalue weighted by Crippen LogP contribution is 2.35. The van der Waals surface area contributed by atoms with E-state index in [4.69, 9.17) is 20.6 Å². The summed E-state index contributed by atoms with van der Waals surface area (Å²) in [4.78, 5) is 41.5. The van der Waals surface area contributed by atoms with E-state index in [0.717, 1.165) is 10.9 Å². The minimum absolute atomic E-state index is 0.00263. The van der Waals surface area contributed by atoms with Crippen molar-refractivity contribution in [2.24, 2.45) is 5.73 Å². The third kappa shape index (κ3) is 6.17. The monoisotopic (exact) mass is 597 g/mol. The molecular weight excluding hydrogens is 568 g/mol. The molecule has 2 atom stereocenters. The first-order chi connectivity index (χ1) is 20.0. The average molecular weight is 598 g/mol. The van der Waals surface area contributed by atoms with Crippen LogP contribution in [0.4, 0.5) is 8.78 Å². The zero-order chi connectivity index (χ0) is 30.0. The van der Waals surface area contributed by atoms with Crippen molar-refractivity contribution in [1.29, 1.82) is 5.41 Å². The molecule has 10 nitrogen and oxygen atoms in total. The normalized spacial score (nSPS) is 18.2. The van der Waals surface area contributed by atoms with Crippen LogP contribution in [0, 0.1) is 17.0 Å². The van der Waals surface area contributed by atoms with E-state index in [1.54, 1.807) is 18.4 Å². The Labute approximate surface area is 244 Å². The molecule has 5 N–H and O–H groups in total. The molecule has 13 heteroatoms. The van der Waals surface area contributed by atoms with Crippen molar-refractivity contribution in [1.82, 2.24) is 15.5 Å². The topological polar surface area (TPSA) is 147 Å². The van der Waals surface area contributed by atoms with Gasteiger partial charge in [-0.15, -0.1) is 11.3 Å². The summed E-state index contributed by atoms with van der Waals surface area (Å²) in [5, 5.41) is 14.7. The summed E-state index contributed by atoms with van der Waals surface area (Å²) in [7, 11) is 0. The van der Waals surface area contributed by atoms with Crippen molar-refractivity contribution in [2.75, 3.05) is 26.3 Å². The predicted molar refractivity (Wildman–Crippen MR) is 151 cm³/mol. The number of rotatable bonds is 8. The van der Waals surface area contributed by atoms with Crippen LogP contribution in [0.25, 0.3) is 11.1 Å². The van der Waals surface area contributed by atoms with Crippen LogP contribution >= 0.6 is 11.3 Å². The summed E-state index contributed by atoms with van der Waals surface area (Å²) in [6.07, 6.45) is 0.116. The molecule has 2 aliphatic heterocycles. The second-order valence-corrected chi connectivity index (χ2v) is 11.1. The van der Waals surface area contributed by atoms with E-state index in [-0.39, 0.29) is 29.9 Å². The molecule has 0 radical (unpaired) electrons. The van der Waals surface area contributed by atoms with E-state index in [0.29, 0.717) is 24.3 Å². The van der Waals surface area contributed by atoms with Crippen LogP contribution in [0.3, 0.4) is 0 Å². The molecule has 5 rings (SSSR count). The Balaban J connectivity index is 1.24. The van der Waals surface area contributed by atoms with Crippen LogP contribution < -0.4 is 16.4 Å². The number of hydrogen-bond donors (Lipinski definition) is 4. The molecule has 3 aromatic rings. The van der Waals surface area contributed by atoms with Gasteiger partial charge in [0.05, 0.1) is 32.3 Å². The fourth-order valence-corrected chi connectivity index (χ4v) is 5.94. The van der Waals surface area contributed by atoms with Crippen molar-refractivity contribution >= 4 is 34.9 Å². The summed E-state index contributed by atoms with van der Waals surface area (Å²) in [6, 6.07) is 9.55. The zero-order valence-corrected chi connectivity index (χ0v) is 23.4. The van der Waals surface area contributed by atoms with E-state index in [9.17, 15) is 23.2 Å². The maximum atomic E-state index is 14.8. The van der Waals surface area contributed by atoms with Gasteiger partial charge in [0, 0.05) is 33.4 Å². The van der Waals surface area contributed by atoms with Gasteiger partial charge in [0.25, 0.3) is 5.91 Å². The number of amidine groups is 1. The third-order valence-electron chi connectivity index (χ3n) is 7.23. The number of nitrogens with two attached hydrogens (primary N) is 1. The van der Waals surface area contributed by atoms with Gasteiger partial charge in [-0.3, -0.25) is 19.8 Å². The Hall–Kier alpha value is -4.20. The van der Waals surface area contributed by atoms with Crippen LogP contribution in [0.1, 0.15) is 40.2 Å². The highest BCUT2D eigenvalue weighted by atomic mass is 32.1. The molecule has 2 aliphatic rings. The zero-order valence-electron chi connectivity index (χ0n) is 22.6. The molecule has 42 heavy (non-hydrogen) atoms. The average Bonchev–Trinajstić information content (AvgIpc) is 3.73. The number of ether oxygens (including phenoxy) is 2. The number of benzene rings is 2. The number of halogens is 2. The molecule has 3 amide bonds. The molecule has 2 aromatic carbocycles. The first kappa shape index (κ1) is 29.3. The summed E-state index contributed by atoms with van der Waals surface area (Å²) in [6.45, 7) is 2.00. The molecule has 1 unspecified atom stereocenters. The lowest BCUT2D eigenvalue weighted by atomic mass is 10.0. The number of carbonyl (C=O) groups excluding carboxylic acids is 3. The van der Waals surface area contributed by atoms with Crippen molar-refractivity contribution < 1.29 is 32.6 Å². The molecule has 220 valence electrons. The van der Waals surface area contributed by atoms with Crippen molar-refractivity contribution in [3.05, 3.63) is 81.5 Å². The molecule has 2 saturated heterocycles. The van der Waals surface area contributed by atoms with Gasteiger partial charge in [-0.05, 0) is 42.8 Å². The maximum absolute atomic E-state index is 14.8. The number of thiophene rings is 1. The van der Waals surface area contributed by atoms with Crippen molar-refractivity contribution in [3.63, 3.8) is 0 Å². The van der Waals surface area contributed by atoms with E-state index in [1.165, 1.54) is 52.6 Å². The number of amides is 3. The van der Waals surface area contributed by atoms with Crippen LogP contribution in [-0.2, 0) is 19.1 Å². The van der Waals surface area contributed by atoms with Crippen molar-refractivity contribution in [2.45, 2.75) is 31.2 Å². The number of nitrogen functional groups attached to an aromatic ring is 1. The van der Waals surface area contributed by atoms with Gasteiger partial charge in [0.2, 0.25) is 11.8 Å². The lowest BCUT2D eigenvalue weighted by molar-refractivity contribution is -0.152. The van der Waals surface area contributed by atoms with E-state index < -0.39 is 53.8 Å². The van der Waals surface area contributed by atoms with Crippen LogP contribution in [0.15, 0.2) is 53.9 Å². The summed E-state index contributed by atoms with van der Waals surface area (Å²) in [5.41, 5.74) is 6.75. The molecular formula is C29H29F2N5O5S. The van der Waals surface area contributed by atoms with Gasteiger partial charge in [0.15, 0.2) is 5.79 Å². The smallest absolute Gasteiger partial charge is 0.251 e. The predicted octanol–water partition coefficient (Wildman–Crippen LogP) is 2.93. The van der Waals surface area contributed by atoms with Gasteiger partial charge in [0.1, 0.15) is 23.5 Å². The molecule has 2 fully saturated rings. The Bertz CT molecular complexity index is 1520. The highest BCUT2D eigenvalue weighted by molar-refractivity contribution is 7.10.